The van der Waals surface area contributed by atoms with Gasteiger partial charge in [0.05, 0.1) is 36.1 Å². The quantitative estimate of drug-likeness (QED) is 0.0596. The number of phosphoric ester groups is 1. The van der Waals surface area contributed by atoms with E-state index in [0.717, 1.165) is 22.4 Å². The molecule has 1 aromatic carbocycles. The zero-order chi connectivity index (χ0) is 66.7. The van der Waals surface area contributed by atoms with Crippen LogP contribution in [0.3, 0.4) is 0 Å². The smallest absolute Gasteiger partial charge is 0.394 e. The molecule has 498 valence electrons. The molecule has 5 saturated heterocycles. The van der Waals surface area contributed by atoms with Crippen molar-refractivity contribution in [2.75, 3.05) is 13.2 Å². The number of nitrogens with two attached hydrogens (primary N) is 6. The SMILES string of the molecule is C/C1=C2/N/C(=C\C3N/C(=C(/C)C4N[C@H]([C@H](CC(N)=O)[C@@]4(C)CCC(=O)NC[C@@H](C)OP(=O)(O)O[C@H]4[C@@H](O)[C@@H](n5cnc6cc(C)c(C)cc65)O[C@@H]4CO)[C@]4(C)NC1[C@@H](CCC(N)=O)[C@]4(C)CC(N)=O)[C@@H](CCC(N)=O)C3(C)C)[C@@H](CCC(N)=O)[C@]2(C)CC(N)=O. The van der Waals surface area contributed by atoms with E-state index < -0.39 is 156 Å². The summed E-state index contributed by atoms with van der Waals surface area (Å²) in [6.45, 7) is 20.1. The molecule has 6 aliphatic rings. The Hall–Kier alpha value is -6.29. The van der Waals surface area contributed by atoms with Crippen LogP contribution >= 0.6 is 7.82 Å². The minimum absolute atomic E-state index is 0.0200. The Labute approximate surface area is 525 Å². The molecular weight excluding hydrogens is 1180 g/mol. The van der Waals surface area contributed by atoms with E-state index >= 15 is 0 Å². The number of fused-ring (bicyclic) bond motifs is 10. The molecule has 0 saturated carbocycles. The Bertz CT molecular complexity index is 3330. The number of ether oxygens (including phenoxy) is 1. The maximum absolute atomic E-state index is 14.4. The van der Waals surface area contributed by atoms with Gasteiger partial charge in [0.25, 0.3) is 0 Å². The van der Waals surface area contributed by atoms with E-state index in [-0.39, 0.29) is 76.7 Å². The second kappa shape index (κ2) is 26.0. The number of phosphoric acid groups is 1. The van der Waals surface area contributed by atoms with Gasteiger partial charge in [-0.05, 0) is 130 Å². The van der Waals surface area contributed by atoms with Gasteiger partial charge in [-0.2, -0.15) is 0 Å². The predicted molar refractivity (Wildman–Crippen MR) is 332 cm³/mol. The summed E-state index contributed by atoms with van der Waals surface area (Å²) < 4.78 is 32.3. The highest BCUT2D eigenvalue weighted by molar-refractivity contribution is 7.47. The highest BCUT2D eigenvalue weighted by Crippen LogP contribution is 2.62. The van der Waals surface area contributed by atoms with Gasteiger partial charge in [0, 0.05) is 115 Å². The first kappa shape index (κ1) is 69.6. The molecule has 0 radical (unpaired) electrons. The Morgan fingerprint density at radius 3 is 2.02 bits per heavy atom. The van der Waals surface area contributed by atoms with Crippen LogP contribution in [0.25, 0.3) is 11.0 Å². The van der Waals surface area contributed by atoms with Crippen LogP contribution in [-0.4, -0.2) is 133 Å². The lowest BCUT2D eigenvalue weighted by molar-refractivity contribution is -0.124. The number of nitrogens with one attached hydrogen (secondary N) is 5. The van der Waals surface area contributed by atoms with Gasteiger partial charge in [0.1, 0.15) is 18.3 Å². The standard InChI is InChI=1S/C62H96N13O14P/c1-29-20-39-40(21-30(29)2)75(28-70-39)57-52(84)53(41(27-76)87-57)89-90(85,86)88-31(3)26-69-49(83)18-19-59(8)37(22-46(66)80)56-62(11)61(10,25-48(68)82)36(14-17-45(65)79)51(74-62)33(5)55-60(9,24-47(67)81)34(12-15-43(63)77)38(71-55)23-42-58(6,7)35(13-16-44(64)78)50(72-42)32(4)54(59)73-56/h20-21,23,28,31,34-37,41-42,51-54,56-57,71-74,76,84H,12-19,22,24-27H2,1-11H3,(H2,63,77)(H2,64,78)(H2,65,79)(H2,66,80)(H2,67,81)(H2,68,82)(H,69,83)(H,85,86)/b38-23-,50-32-,55-33-/t31-,34-,35-,36-,37+,41-,42?,51?,52-,53-,54?,56-,57+,59-,60+,61+,62+/m1/s1. The molecule has 90 heavy (non-hydrogen) atoms. The number of allylic oxidation sites excluding steroid dienone is 3. The second-order valence-electron chi connectivity index (χ2n) is 28.0. The number of benzene rings is 1. The molecule has 0 aliphatic carbocycles. The molecule has 20 N–H and O–H groups in total. The molecule has 7 amide bonds. The fourth-order valence-electron chi connectivity index (χ4n) is 16.6. The predicted octanol–water partition coefficient (Wildman–Crippen LogP) is 1.71. The molecule has 27 nitrogen and oxygen atoms in total. The summed E-state index contributed by atoms with van der Waals surface area (Å²) >= 11 is 0. The molecule has 1 aromatic heterocycles. The molecule has 5 fully saturated rings. The van der Waals surface area contributed by atoms with Crippen LogP contribution in [0.1, 0.15) is 150 Å². The number of rotatable bonds is 26. The van der Waals surface area contributed by atoms with Crippen LogP contribution in [0.4, 0.5) is 0 Å². The van der Waals surface area contributed by atoms with Crippen LogP contribution < -0.4 is 61.0 Å². The third-order valence-corrected chi connectivity index (χ3v) is 22.8. The molecule has 8 rings (SSSR count). The van der Waals surface area contributed by atoms with Gasteiger partial charge in [-0.3, -0.25) is 42.6 Å². The van der Waals surface area contributed by atoms with Gasteiger partial charge in [0.15, 0.2) is 6.23 Å². The van der Waals surface area contributed by atoms with E-state index in [2.05, 4.69) is 51.5 Å². The monoisotopic (exact) mass is 1280 g/mol. The summed E-state index contributed by atoms with van der Waals surface area (Å²) in [6, 6.07) is 1.13. The maximum atomic E-state index is 14.4. The Morgan fingerprint density at radius 2 is 1.42 bits per heavy atom. The maximum Gasteiger partial charge on any atom is 0.472 e. The first-order valence-corrected chi connectivity index (χ1v) is 32.6. The number of primary amides is 6. The number of aliphatic hydroxyl groups is 2. The lowest BCUT2D eigenvalue weighted by Crippen LogP contribution is -2.64. The summed E-state index contributed by atoms with van der Waals surface area (Å²) in [5.74, 6) is -6.28. The third-order valence-electron chi connectivity index (χ3n) is 21.7. The molecular formula is C62H96N13O14P. The van der Waals surface area contributed by atoms with E-state index in [4.69, 9.17) is 48.2 Å². The lowest BCUT2D eigenvalue weighted by atomic mass is 9.56. The molecule has 6 aliphatic heterocycles. The summed E-state index contributed by atoms with van der Waals surface area (Å²) in [7, 11) is -5.05. The van der Waals surface area contributed by atoms with Crippen molar-refractivity contribution < 1.29 is 67.0 Å². The van der Waals surface area contributed by atoms with E-state index in [1.807, 2.05) is 67.5 Å². The Balaban J connectivity index is 1.17. The number of hydrogen-bond donors (Lipinski definition) is 14. The van der Waals surface area contributed by atoms with E-state index in [0.29, 0.717) is 34.4 Å². The minimum Gasteiger partial charge on any atom is -0.394 e. The largest absolute Gasteiger partial charge is 0.472 e. The van der Waals surface area contributed by atoms with Gasteiger partial charge in [0.2, 0.25) is 41.4 Å². The lowest BCUT2D eigenvalue weighted by Gasteiger charge is -2.49. The Kier molecular flexibility index (Phi) is 20.1. The first-order chi connectivity index (χ1) is 41.8. The zero-order valence-corrected chi connectivity index (χ0v) is 54.5. The number of aliphatic hydroxyl groups excluding tert-OH is 2. The summed E-state index contributed by atoms with van der Waals surface area (Å²) in [5, 5.41) is 40.2. The topological polar surface area (TPSA) is 459 Å². The number of carbonyl (C=O) groups is 7. The van der Waals surface area contributed by atoms with Gasteiger partial charge in [-0.25, -0.2) is 9.55 Å². The highest BCUT2D eigenvalue weighted by atomic mass is 31.2. The number of nitrogens with zero attached hydrogens (tertiary/aromatic N) is 2. The van der Waals surface area contributed by atoms with Gasteiger partial charge < -0.3 is 85.4 Å². The van der Waals surface area contributed by atoms with Crippen LogP contribution in [0.15, 0.2) is 52.8 Å². The first-order valence-electron chi connectivity index (χ1n) is 31.1. The average Bonchev–Trinajstić information content (AvgIpc) is 1.53. The van der Waals surface area contributed by atoms with Crippen molar-refractivity contribution in [1.82, 2.24) is 36.1 Å². The van der Waals surface area contributed by atoms with Gasteiger partial charge >= 0.3 is 7.82 Å². The van der Waals surface area contributed by atoms with Crippen molar-refractivity contribution in [3.63, 3.8) is 0 Å². The van der Waals surface area contributed by atoms with Gasteiger partial charge in [-0.1, -0.05) is 34.6 Å². The molecule has 18 atom stereocenters. The molecule has 2 aromatic rings. The highest BCUT2D eigenvalue weighted by Gasteiger charge is 2.68. The van der Waals surface area contributed by atoms with Crippen molar-refractivity contribution in [2.45, 2.75) is 207 Å². The number of aromatic nitrogens is 2. The minimum atomic E-state index is -5.05. The van der Waals surface area contributed by atoms with E-state index in [1.54, 1.807) is 4.57 Å². The summed E-state index contributed by atoms with van der Waals surface area (Å²) in [4.78, 5) is 109. The van der Waals surface area contributed by atoms with Crippen LogP contribution in [0.5, 0.6) is 0 Å². The summed E-state index contributed by atoms with van der Waals surface area (Å²) in [5.41, 5.74) is 37.9. The van der Waals surface area contributed by atoms with Crippen molar-refractivity contribution in [3.05, 3.63) is 63.9 Å². The van der Waals surface area contributed by atoms with E-state index in [9.17, 15) is 53.2 Å². The van der Waals surface area contributed by atoms with Crippen LogP contribution in [0.2, 0.25) is 0 Å². The van der Waals surface area contributed by atoms with Crippen LogP contribution in [-0.2, 0) is 51.9 Å². The second-order valence-corrected chi connectivity index (χ2v) is 29.3. The average molecular weight is 1280 g/mol. The number of hydrogen-bond acceptors (Lipinski definition) is 18. The molecule has 0 spiro atoms. The fraction of sp³-hybridized carbons (Fsp3) is 0.677. The normalized spacial score (nSPS) is 36.8. The van der Waals surface area contributed by atoms with E-state index in [1.165, 1.54) is 13.3 Å². The summed E-state index contributed by atoms with van der Waals surface area (Å²) in [6.07, 6.45) is -3.17. The molecule has 8 bridgehead atoms. The van der Waals surface area contributed by atoms with Crippen molar-refractivity contribution in [2.24, 2.45) is 79.7 Å². The van der Waals surface area contributed by atoms with Gasteiger partial charge in [-0.15, -0.1) is 0 Å². The van der Waals surface area contributed by atoms with Crippen molar-refractivity contribution >= 4 is 60.2 Å². The number of carbonyl (C=O) groups excluding carboxylic acids is 7. The third kappa shape index (κ3) is 13.2. The van der Waals surface area contributed by atoms with Crippen LogP contribution in [0, 0.1) is 59.2 Å². The molecule has 4 unspecified atom stereocenters. The van der Waals surface area contributed by atoms with Crippen molar-refractivity contribution in [3.8, 4) is 0 Å². The number of imidazole rings is 1. The number of aryl methyl sites for hydroxylation is 2. The van der Waals surface area contributed by atoms with Crippen molar-refractivity contribution in [1.29, 1.82) is 0 Å². The Morgan fingerprint density at radius 1 is 0.811 bits per heavy atom. The zero-order valence-electron chi connectivity index (χ0n) is 53.6. The molecule has 7 heterocycles. The number of amides is 7. The fourth-order valence-corrected chi connectivity index (χ4v) is 17.8. The molecule has 28 heteroatoms.